The number of benzene rings is 1. The molecule has 0 bridgehead atoms. The van der Waals surface area contributed by atoms with E-state index in [1.54, 1.807) is 0 Å². The lowest BCUT2D eigenvalue weighted by Crippen LogP contribution is -2.30. The lowest BCUT2D eigenvalue weighted by molar-refractivity contribution is -0.117. The van der Waals surface area contributed by atoms with Gasteiger partial charge in [0.2, 0.25) is 5.91 Å². The van der Waals surface area contributed by atoms with Gasteiger partial charge >= 0.3 is 0 Å². The van der Waals surface area contributed by atoms with Crippen molar-refractivity contribution in [3.8, 4) is 11.1 Å². The van der Waals surface area contributed by atoms with E-state index in [-0.39, 0.29) is 25.4 Å². The van der Waals surface area contributed by atoms with Crippen LogP contribution in [-0.4, -0.2) is 23.3 Å². The number of hydrogen-bond donors (Lipinski definition) is 4. The molecule has 0 saturated heterocycles. The Labute approximate surface area is 172 Å². The third kappa shape index (κ3) is 5.62. The van der Waals surface area contributed by atoms with Crippen LogP contribution < -0.4 is 22.5 Å². The SMILES string of the molecule is Cc1nc(CC(C)C)c(CN)c(-c2ccc(CN)cc2)c1C(=O)NCCC(N)=O. The van der Waals surface area contributed by atoms with E-state index in [0.29, 0.717) is 23.7 Å². The van der Waals surface area contributed by atoms with Crippen LogP contribution >= 0.6 is 0 Å². The van der Waals surface area contributed by atoms with Crippen molar-refractivity contribution >= 4 is 11.8 Å². The van der Waals surface area contributed by atoms with Gasteiger partial charge in [0.05, 0.1) is 11.3 Å². The molecule has 1 aromatic heterocycles. The van der Waals surface area contributed by atoms with Crippen LogP contribution in [-0.2, 0) is 24.3 Å². The normalized spacial score (nSPS) is 11.0. The summed E-state index contributed by atoms with van der Waals surface area (Å²) in [6, 6.07) is 7.80. The van der Waals surface area contributed by atoms with E-state index in [1.165, 1.54) is 0 Å². The smallest absolute Gasteiger partial charge is 0.253 e. The number of carbonyl (C=O) groups is 2. The summed E-state index contributed by atoms with van der Waals surface area (Å²) in [5.74, 6) is -0.359. The molecule has 0 radical (unpaired) electrons. The quantitative estimate of drug-likeness (QED) is 0.511. The Bertz CT molecular complexity index is 876. The van der Waals surface area contributed by atoms with Crippen molar-refractivity contribution < 1.29 is 9.59 Å². The number of pyridine rings is 1. The Hall–Kier alpha value is -2.77. The Morgan fingerprint density at radius 1 is 1.10 bits per heavy atom. The molecule has 0 unspecified atom stereocenters. The molecule has 7 N–H and O–H groups in total. The molecule has 29 heavy (non-hydrogen) atoms. The minimum absolute atomic E-state index is 0.0773. The van der Waals surface area contributed by atoms with Crippen LogP contribution in [0.5, 0.6) is 0 Å². The molecular weight excluding hydrogens is 366 g/mol. The molecule has 0 aliphatic carbocycles. The number of aromatic nitrogens is 1. The average molecular weight is 398 g/mol. The van der Waals surface area contributed by atoms with E-state index < -0.39 is 5.91 Å². The van der Waals surface area contributed by atoms with E-state index in [4.69, 9.17) is 22.2 Å². The second-order valence-electron chi connectivity index (χ2n) is 7.55. The number of rotatable bonds is 9. The van der Waals surface area contributed by atoms with Gasteiger partial charge in [-0.05, 0) is 36.0 Å². The molecule has 0 aliphatic heterocycles. The lowest BCUT2D eigenvalue weighted by Gasteiger charge is -2.21. The van der Waals surface area contributed by atoms with Gasteiger partial charge in [0.25, 0.3) is 5.91 Å². The summed E-state index contributed by atoms with van der Waals surface area (Å²) in [5.41, 5.74) is 22.6. The predicted octanol–water partition coefficient (Wildman–Crippen LogP) is 1.78. The van der Waals surface area contributed by atoms with Crippen molar-refractivity contribution in [1.29, 1.82) is 0 Å². The van der Waals surface area contributed by atoms with Crippen LogP contribution in [0.4, 0.5) is 0 Å². The number of aryl methyl sites for hydroxylation is 1. The molecule has 2 aromatic rings. The summed E-state index contributed by atoms with van der Waals surface area (Å²) in [6.07, 6.45) is 0.846. The molecule has 7 heteroatoms. The monoisotopic (exact) mass is 397 g/mol. The third-order valence-corrected chi connectivity index (χ3v) is 4.73. The first kappa shape index (κ1) is 22.5. The van der Waals surface area contributed by atoms with Gasteiger partial charge in [-0.1, -0.05) is 38.1 Å². The molecule has 1 heterocycles. The molecule has 0 saturated carbocycles. The van der Waals surface area contributed by atoms with Crippen molar-refractivity contribution in [3.63, 3.8) is 0 Å². The number of hydrogen-bond acceptors (Lipinski definition) is 5. The van der Waals surface area contributed by atoms with Crippen LogP contribution in [0.1, 0.15) is 53.1 Å². The Morgan fingerprint density at radius 2 is 1.76 bits per heavy atom. The maximum absolute atomic E-state index is 13.0. The van der Waals surface area contributed by atoms with Gasteiger partial charge in [0.1, 0.15) is 0 Å². The second-order valence-corrected chi connectivity index (χ2v) is 7.55. The van der Waals surface area contributed by atoms with Crippen molar-refractivity contribution in [2.24, 2.45) is 23.1 Å². The number of nitrogens with two attached hydrogens (primary N) is 3. The topological polar surface area (TPSA) is 137 Å². The lowest BCUT2D eigenvalue weighted by atomic mass is 9.89. The molecule has 0 fully saturated rings. The largest absolute Gasteiger partial charge is 0.370 e. The van der Waals surface area contributed by atoms with Crippen molar-refractivity contribution in [3.05, 3.63) is 52.3 Å². The van der Waals surface area contributed by atoms with Crippen LogP contribution in [0.2, 0.25) is 0 Å². The summed E-state index contributed by atoms with van der Waals surface area (Å²) in [7, 11) is 0. The fourth-order valence-corrected chi connectivity index (χ4v) is 3.37. The van der Waals surface area contributed by atoms with E-state index in [9.17, 15) is 9.59 Å². The summed E-state index contributed by atoms with van der Waals surface area (Å²) in [6.45, 7) is 6.95. The fraction of sp³-hybridized carbons (Fsp3) is 0.409. The standard InChI is InChI=1S/C22H31N5O2/c1-13(2)10-18-17(12-24)21(16-6-4-15(11-23)5-7-16)20(14(3)27-18)22(29)26-9-8-19(25)28/h4-7,13H,8-12,23-24H2,1-3H3,(H2,25,28)(H,26,29). The molecule has 2 amide bonds. The molecule has 156 valence electrons. The fourth-order valence-electron chi connectivity index (χ4n) is 3.37. The number of primary amides is 1. The highest BCUT2D eigenvalue weighted by molar-refractivity contribution is 6.03. The maximum Gasteiger partial charge on any atom is 0.253 e. The number of amides is 2. The Morgan fingerprint density at radius 3 is 2.28 bits per heavy atom. The van der Waals surface area contributed by atoms with E-state index in [2.05, 4.69) is 19.2 Å². The molecule has 0 atom stereocenters. The van der Waals surface area contributed by atoms with E-state index in [1.807, 2.05) is 31.2 Å². The highest BCUT2D eigenvalue weighted by atomic mass is 16.2. The van der Waals surface area contributed by atoms with Gasteiger partial charge < -0.3 is 22.5 Å². The summed E-state index contributed by atoms with van der Waals surface area (Å²) < 4.78 is 0. The Balaban J connectivity index is 2.63. The molecule has 0 spiro atoms. The maximum atomic E-state index is 13.0. The zero-order valence-electron chi connectivity index (χ0n) is 17.4. The average Bonchev–Trinajstić information content (AvgIpc) is 2.66. The van der Waals surface area contributed by atoms with Gasteiger partial charge in [-0.3, -0.25) is 14.6 Å². The van der Waals surface area contributed by atoms with Gasteiger partial charge in [0, 0.05) is 37.3 Å². The van der Waals surface area contributed by atoms with Gasteiger partial charge in [-0.25, -0.2) is 0 Å². The van der Waals surface area contributed by atoms with E-state index in [0.717, 1.165) is 34.4 Å². The highest BCUT2D eigenvalue weighted by Gasteiger charge is 2.23. The molecule has 0 aliphatic rings. The van der Waals surface area contributed by atoms with Crippen molar-refractivity contribution in [2.45, 2.75) is 46.7 Å². The van der Waals surface area contributed by atoms with Crippen LogP contribution in [0, 0.1) is 12.8 Å². The zero-order valence-corrected chi connectivity index (χ0v) is 17.4. The predicted molar refractivity (Wildman–Crippen MR) is 115 cm³/mol. The second kappa shape index (κ2) is 10.1. The number of carbonyl (C=O) groups excluding carboxylic acids is 2. The summed E-state index contributed by atoms with van der Waals surface area (Å²) in [4.78, 5) is 28.7. The minimum atomic E-state index is -0.465. The van der Waals surface area contributed by atoms with Gasteiger partial charge in [0.15, 0.2) is 0 Å². The number of nitrogens with one attached hydrogen (secondary N) is 1. The van der Waals surface area contributed by atoms with Crippen molar-refractivity contribution in [2.75, 3.05) is 6.54 Å². The Kier molecular flexibility index (Phi) is 7.87. The van der Waals surface area contributed by atoms with Crippen LogP contribution in [0.3, 0.4) is 0 Å². The first-order valence-electron chi connectivity index (χ1n) is 9.86. The van der Waals surface area contributed by atoms with Crippen molar-refractivity contribution in [1.82, 2.24) is 10.3 Å². The first-order chi connectivity index (χ1) is 13.8. The van der Waals surface area contributed by atoms with Gasteiger partial charge in [-0.2, -0.15) is 0 Å². The molecular formula is C22H31N5O2. The molecule has 7 nitrogen and oxygen atoms in total. The zero-order chi connectivity index (χ0) is 21.6. The summed E-state index contributed by atoms with van der Waals surface area (Å²) >= 11 is 0. The molecule has 2 rings (SSSR count). The minimum Gasteiger partial charge on any atom is -0.370 e. The number of nitrogens with zero attached hydrogens (tertiary/aromatic N) is 1. The summed E-state index contributed by atoms with van der Waals surface area (Å²) in [5, 5.41) is 2.77. The van der Waals surface area contributed by atoms with Crippen LogP contribution in [0.25, 0.3) is 11.1 Å². The first-order valence-corrected chi connectivity index (χ1v) is 9.86. The third-order valence-electron chi connectivity index (χ3n) is 4.73. The van der Waals surface area contributed by atoms with Crippen LogP contribution in [0.15, 0.2) is 24.3 Å². The molecule has 1 aromatic carbocycles. The highest BCUT2D eigenvalue weighted by Crippen LogP contribution is 2.32. The van der Waals surface area contributed by atoms with E-state index >= 15 is 0 Å². The van der Waals surface area contributed by atoms with Gasteiger partial charge in [-0.15, -0.1) is 0 Å².